The van der Waals surface area contributed by atoms with E-state index in [0.29, 0.717) is 11.7 Å². The summed E-state index contributed by atoms with van der Waals surface area (Å²) in [7, 11) is 0. The van der Waals surface area contributed by atoms with Gasteiger partial charge in [0.15, 0.2) is 0 Å². The number of fused-ring (bicyclic) bond motifs is 1. The lowest BCUT2D eigenvalue weighted by Gasteiger charge is -2.48. The number of hydrogen-bond acceptors (Lipinski definition) is 1. The quantitative estimate of drug-likeness (QED) is 0.524. The molecule has 1 heteroatoms. The van der Waals surface area contributed by atoms with E-state index in [9.17, 15) is 4.79 Å². The van der Waals surface area contributed by atoms with E-state index in [1.165, 1.54) is 0 Å². The molecule has 1 saturated carbocycles. The molecule has 1 nitrogen and oxygen atoms in total. The van der Waals surface area contributed by atoms with Crippen LogP contribution in [0.5, 0.6) is 0 Å². The zero-order valence-corrected chi connectivity index (χ0v) is 6.97. The van der Waals surface area contributed by atoms with Crippen LogP contribution in [0.3, 0.4) is 0 Å². The Morgan fingerprint density at radius 3 is 3.00 bits per heavy atom. The highest BCUT2D eigenvalue weighted by Gasteiger charge is 2.52. The summed E-state index contributed by atoms with van der Waals surface area (Å²) >= 11 is 0. The lowest BCUT2D eigenvalue weighted by Crippen LogP contribution is -2.49. The Bertz CT molecular complexity index is 217. The highest BCUT2D eigenvalue weighted by molar-refractivity contribution is 5.92. The molecule has 0 radical (unpaired) electrons. The summed E-state index contributed by atoms with van der Waals surface area (Å²) in [6, 6.07) is 0. The first-order valence-corrected chi connectivity index (χ1v) is 4.49. The van der Waals surface area contributed by atoms with Crippen LogP contribution >= 0.6 is 0 Å². The third kappa shape index (κ3) is 0.741. The van der Waals surface area contributed by atoms with Gasteiger partial charge in [0.2, 0.25) is 0 Å². The Kier molecular flexibility index (Phi) is 1.41. The first kappa shape index (κ1) is 7.08. The second-order valence-corrected chi connectivity index (χ2v) is 3.71. The molecule has 0 aromatic rings. The average molecular weight is 150 g/mol. The second-order valence-electron chi connectivity index (χ2n) is 3.71. The van der Waals surface area contributed by atoms with Crippen molar-refractivity contribution in [2.75, 3.05) is 0 Å². The van der Waals surface area contributed by atoms with Crippen LogP contribution in [0.15, 0.2) is 12.2 Å². The zero-order valence-electron chi connectivity index (χ0n) is 6.97. The molecule has 0 heterocycles. The molecule has 0 aromatic carbocycles. The molecule has 0 spiro atoms. The fraction of sp³-hybridized carbons (Fsp3) is 0.700. The molecule has 11 heavy (non-hydrogen) atoms. The van der Waals surface area contributed by atoms with Gasteiger partial charge >= 0.3 is 0 Å². The van der Waals surface area contributed by atoms with Crippen LogP contribution in [-0.4, -0.2) is 5.78 Å². The van der Waals surface area contributed by atoms with Gasteiger partial charge in [-0.3, -0.25) is 4.79 Å². The smallest absolute Gasteiger partial charge is 0.140 e. The maximum atomic E-state index is 11.4. The van der Waals surface area contributed by atoms with Crippen molar-refractivity contribution in [2.24, 2.45) is 11.3 Å². The normalized spacial score (nSPS) is 41.5. The van der Waals surface area contributed by atoms with Crippen molar-refractivity contribution < 1.29 is 4.79 Å². The minimum atomic E-state index is 0.0920. The van der Waals surface area contributed by atoms with Crippen molar-refractivity contribution in [1.82, 2.24) is 0 Å². The molecule has 0 bridgehead atoms. The Morgan fingerprint density at radius 1 is 1.73 bits per heavy atom. The van der Waals surface area contributed by atoms with Crippen LogP contribution in [0.2, 0.25) is 0 Å². The van der Waals surface area contributed by atoms with Crippen molar-refractivity contribution >= 4 is 5.78 Å². The van der Waals surface area contributed by atoms with Gasteiger partial charge in [0.05, 0.1) is 0 Å². The molecule has 1 fully saturated rings. The van der Waals surface area contributed by atoms with Gasteiger partial charge in [0.1, 0.15) is 5.78 Å². The molecular formula is C10H14O. The molecular weight excluding hydrogens is 136 g/mol. The monoisotopic (exact) mass is 150 g/mol. The highest BCUT2D eigenvalue weighted by Crippen LogP contribution is 2.52. The van der Waals surface area contributed by atoms with Crippen LogP contribution in [0.4, 0.5) is 0 Å². The molecule has 2 rings (SSSR count). The van der Waals surface area contributed by atoms with E-state index in [1.54, 1.807) is 0 Å². The number of ketones is 1. The number of carbonyl (C=O) groups excluding carboxylic acids is 1. The Labute approximate surface area is 67.5 Å². The van der Waals surface area contributed by atoms with Gasteiger partial charge < -0.3 is 0 Å². The molecule has 0 saturated heterocycles. The number of hydrogen-bond donors (Lipinski definition) is 0. The van der Waals surface area contributed by atoms with Gasteiger partial charge in [-0.15, -0.1) is 0 Å². The number of allylic oxidation sites excluding steroid dienone is 2. The van der Waals surface area contributed by atoms with Crippen molar-refractivity contribution in [3.05, 3.63) is 12.2 Å². The number of Topliss-reactive ketones (excluding diaryl/α,β-unsaturated/α-hetero) is 1. The fourth-order valence-electron chi connectivity index (χ4n) is 2.49. The third-order valence-electron chi connectivity index (χ3n) is 3.43. The molecule has 0 amide bonds. The van der Waals surface area contributed by atoms with Gasteiger partial charge in [-0.1, -0.05) is 19.1 Å². The van der Waals surface area contributed by atoms with E-state index in [4.69, 9.17) is 0 Å². The predicted molar refractivity (Wildman–Crippen MR) is 44.2 cm³/mol. The minimum absolute atomic E-state index is 0.0920. The molecule has 0 N–H and O–H groups in total. The predicted octanol–water partition coefficient (Wildman–Crippen LogP) is 2.32. The Morgan fingerprint density at radius 2 is 2.55 bits per heavy atom. The van der Waals surface area contributed by atoms with E-state index in [-0.39, 0.29) is 5.41 Å². The Hall–Kier alpha value is -0.590. The largest absolute Gasteiger partial charge is 0.299 e. The topological polar surface area (TPSA) is 17.1 Å². The highest BCUT2D eigenvalue weighted by atomic mass is 16.1. The molecule has 2 aliphatic rings. The van der Waals surface area contributed by atoms with Crippen LogP contribution in [0.25, 0.3) is 0 Å². The first-order chi connectivity index (χ1) is 5.29. The molecule has 2 aliphatic carbocycles. The van der Waals surface area contributed by atoms with E-state index >= 15 is 0 Å². The maximum Gasteiger partial charge on any atom is 0.140 e. The second kappa shape index (κ2) is 2.20. The van der Waals surface area contributed by atoms with E-state index in [1.807, 2.05) is 0 Å². The van der Waals surface area contributed by atoms with Gasteiger partial charge in [-0.25, -0.2) is 0 Å². The number of rotatable bonds is 1. The summed E-state index contributed by atoms with van der Waals surface area (Å²) in [5.74, 6) is 1.10. The summed E-state index contributed by atoms with van der Waals surface area (Å²) < 4.78 is 0. The van der Waals surface area contributed by atoms with Crippen LogP contribution in [0.1, 0.15) is 32.6 Å². The minimum Gasteiger partial charge on any atom is -0.299 e. The van der Waals surface area contributed by atoms with E-state index in [2.05, 4.69) is 19.1 Å². The summed E-state index contributed by atoms with van der Waals surface area (Å²) in [4.78, 5) is 11.4. The van der Waals surface area contributed by atoms with E-state index < -0.39 is 0 Å². The van der Waals surface area contributed by atoms with Gasteiger partial charge in [-0.2, -0.15) is 0 Å². The summed E-state index contributed by atoms with van der Waals surface area (Å²) in [5, 5.41) is 0. The van der Waals surface area contributed by atoms with Crippen LogP contribution in [-0.2, 0) is 4.79 Å². The summed E-state index contributed by atoms with van der Waals surface area (Å²) in [6.07, 6.45) is 8.53. The van der Waals surface area contributed by atoms with Crippen LogP contribution < -0.4 is 0 Å². The number of carbonyl (C=O) groups is 1. The van der Waals surface area contributed by atoms with Gasteiger partial charge in [0, 0.05) is 11.8 Å². The fourth-order valence-corrected chi connectivity index (χ4v) is 2.49. The van der Waals surface area contributed by atoms with Gasteiger partial charge in [0.25, 0.3) is 0 Å². The lowest BCUT2D eigenvalue weighted by atomic mass is 9.54. The molecule has 2 atom stereocenters. The molecule has 0 aliphatic heterocycles. The first-order valence-electron chi connectivity index (χ1n) is 4.49. The maximum absolute atomic E-state index is 11.4. The average Bonchev–Trinajstić information content (AvgIpc) is 2.03. The van der Waals surface area contributed by atoms with Crippen LogP contribution in [0, 0.1) is 11.3 Å². The summed E-state index contributed by atoms with van der Waals surface area (Å²) in [6.45, 7) is 2.14. The Balaban J connectivity index is 2.26. The SMILES string of the molecule is CCC12CCC=CC1CC2=O. The summed E-state index contributed by atoms with van der Waals surface area (Å²) in [5.41, 5.74) is 0.0920. The van der Waals surface area contributed by atoms with Gasteiger partial charge in [-0.05, 0) is 25.2 Å². The van der Waals surface area contributed by atoms with Crippen molar-refractivity contribution in [3.8, 4) is 0 Å². The molecule has 2 unspecified atom stereocenters. The third-order valence-corrected chi connectivity index (χ3v) is 3.43. The standard InChI is InChI=1S/C10H14O/c1-2-10-6-4-3-5-8(10)7-9(10)11/h3,5,8H,2,4,6-7H2,1H3. The van der Waals surface area contributed by atoms with Crippen molar-refractivity contribution in [2.45, 2.75) is 32.6 Å². The van der Waals surface area contributed by atoms with E-state index in [0.717, 1.165) is 25.7 Å². The lowest BCUT2D eigenvalue weighted by molar-refractivity contribution is -0.144. The van der Waals surface area contributed by atoms with Crippen molar-refractivity contribution in [1.29, 1.82) is 0 Å². The van der Waals surface area contributed by atoms with Crippen molar-refractivity contribution in [3.63, 3.8) is 0 Å². The molecule has 60 valence electrons. The molecule has 0 aromatic heterocycles. The zero-order chi connectivity index (χ0) is 7.90.